The second-order valence-electron chi connectivity index (χ2n) is 6.69. The number of rotatable bonds is 4. The molecule has 1 fully saturated rings. The van der Waals surface area contributed by atoms with E-state index in [4.69, 9.17) is 4.74 Å². The van der Waals surface area contributed by atoms with Gasteiger partial charge in [-0.2, -0.15) is 5.10 Å². The fourth-order valence-corrected chi connectivity index (χ4v) is 3.26. The zero-order valence-corrected chi connectivity index (χ0v) is 15.5. The second kappa shape index (κ2) is 7.75. The molecule has 7 nitrogen and oxygen atoms in total. The normalized spacial score (nSPS) is 14.9. The zero-order chi connectivity index (χ0) is 19.5. The van der Waals surface area contributed by atoms with Gasteiger partial charge in [0, 0.05) is 50.9 Å². The Hall–Kier alpha value is -3.29. The maximum atomic E-state index is 13.1. The first-order chi connectivity index (χ1) is 13.6. The highest BCUT2D eigenvalue weighted by Crippen LogP contribution is 2.22. The lowest BCUT2D eigenvalue weighted by Crippen LogP contribution is -2.42. The summed E-state index contributed by atoms with van der Waals surface area (Å²) in [5.41, 5.74) is 1.92. The van der Waals surface area contributed by atoms with Gasteiger partial charge in [0.1, 0.15) is 17.6 Å². The number of carbonyl (C=O) groups is 1. The molecule has 0 radical (unpaired) electrons. The summed E-state index contributed by atoms with van der Waals surface area (Å²) in [7, 11) is 1.74. The fraction of sp³-hybridized carbons (Fsp3) is 0.300. The lowest BCUT2D eigenvalue weighted by Gasteiger charge is -2.31. The summed E-state index contributed by atoms with van der Waals surface area (Å²) >= 11 is 0. The Balaban J connectivity index is 1.41. The Bertz CT molecular complexity index is 950. The van der Waals surface area contributed by atoms with Crippen LogP contribution in [0.2, 0.25) is 0 Å². The molecule has 1 amide bonds. The van der Waals surface area contributed by atoms with E-state index in [1.54, 1.807) is 53.3 Å². The first-order valence-corrected chi connectivity index (χ1v) is 9.13. The lowest BCUT2D eigenvalue weighted by molar-refractivity contribution is 0.0569. The van der Waals surface area contributed by atoms with Crippen molar-refractivity contribution in [2.75, 3.05) is 13.1 Å². The van der Waals surface area contributed by atoms with Gasteiger partial charge in [-0.1, -0.05) is 0 Å². The van der Waals surface area contributed by atoms with Crippen LogP contribution in [0, 0.1) is 5.82 Å². The fourth-order valence-electron chi connectivity index (χ4n) is 3.26. The number of aromatic nitrogens is 4. The highest BCUT2D eigenvalue weighted by molar-refractivity contribution is 5.93. The van der Waals surface area contributed by atoms with E-state index in [0.29, 0.717) is 43.3 Å². The first kappa shape index (κ1) is 18.1. The van der Waals surface area contributed by atoms with Crippen LogP contribution in [0.15, 0.2) is 48.8 Å². The van der Waals surface area contributed by atoms with Crippen LogP contribution in [0.1, 0.15) is 23.3 Å². The van der Waals surface area contributed by atoms with Crippen LogP contribution in [-0.4, -0.2) is 49.7 Å². The monoisotopic (exact) mass is 381 g/mol. The van der Waals surface area contributed by atoms with Crippen LogP contribution in [0.5, 0.6) is 6.01 Å². The number of hydrogen-bond acceptors (Lipinski definition) is 5. The van der Waals surface area contributed by atoms with Gasteiger partial charge < -0.3 is 9.64 Å². The predicted molar refractivity (Wildman–Crippen MR) is 100 cm³/mol. The van der Waals surface area contributed by atoms with Crippen LogP contribution in [0.3, 0.4) is 0 Å². The molecule has 0 saturated carbocycles. The SMILES string of the molecule is Cn1nc(-c2ccc(F)cc2)cc1C(=O)N1CCC(Oc2ncccn2)CC1. The van der Waals surface area contributed by atoms with Gasteiger partial charge in [0.05, 0.1) is 5.69 Å². The summed E-state index contributed by atoms with van der Waals surface area (Å²) in [5, 5.41) is 4.40. The molecule has 0 unspecified atom stereocenters. The van der Waals surface area contributed by atoms with Gasteiger partial charge >= 0.3 is 6.01 Å². The van der Waals surface area contributed by atoms with Gasteiger partial charge in [0.15, 0.2) is 0 Å². The number of benzene rings is 1. The summed E-state index contributed by atoms with van der Waals surface area (Å²) in [6.45, 7) is 1.18. The maximum Gasteiger partial charge on any atom is 0.316 e. The van der Waals surface area contributed by atoms with E-state index in [1.807, 2.05) is 0 Å². The van der Waals surface area contributed by atoms with Crippen LogP contribution in [-0.2, 0) is 7.05 Å². The van der Waals surface area contributed by atoms with Crippen LogP contribution in [0.25, 0.3) is 11.3 Å². The number of ether oxygens (including phenoxy) is 1. The Morgan fingerprint density at radius 1 is 1.14 bits per heavy atom. The largest absolute Gasteiger partial charge is 0.460 e. The smallest absolute Gasteiger partial charge is 0.316 e. The Morgan fingerprint density at radius 2 is 1.82 bits per heavy atom. The minimum atomic E-state index is -0.304. The topological polar surface area (TPSA) is 73.1 Å². The number of amides is 1. The van der Waals surface area contributed by atoms with Crippen molar-refractivity contribution in [3.63, 3.8) is 0 Å². The van der Waals surface area contributed by atoms with Crippen molar-refractivity contribution >= 4 is 5.91 Å². The highest BCUT2D eigenvalue weighted by atomic mass is 19.1. The lowest BCUT2D eigenvalue weighted by atomic mass is 10.1. The van der Waals surface area contributed by atoms with Crippen molar-refractivity contribution in [2.24, 2.45) is 7.05 Å². The van der Waals surface area contributed by atoms with Gasteiger partial charge in [-0.3, -0.25) is 9.48 Å². The Morgan fingerprint density at radius 3 is 2.50 bits per heavy atom. The van der Waals surface area contributed by atoms with Crippen LogP contribution < -0.4 is 4.74 Å². The summed E-state index contributed by atoms with van der Waals surface area (Å²) in [5.74, 6) is -0.375. The number of aryl methyl sites for hydroxylation is 1. The number of nitrogens with zero attached hydrogens (tertiary/aromatic N) is 5. The second-order valence-corrected chi connectivity index (χ2v) is 6.69. The van der Waals surface area contributed by atoms with Gasteiger partial charge in [-0.05, 0) is 36.4 Å². The third-order valence-corrected chi connectivity index (χ3v) is 4.78. The summed E-state index contributed by atoms with van der Waals surface area (Å²) in [4.78, 5) is 22.9. The van der Waals surface area contributed by atoms with Crippen molar-refractivity contribution in [1.29, 1.82) is 0 Å². The molecule has 144 valence electrons. The Labute approximate surface area is 161 Å². The molecule has 3 heterocycles. The predicted octanol–water partition coefficient (Wildman–Crippen LogP) is 2.70. The third kappa shape index (κ3) is 3.85. The molecular formula is C20H20FN5O2. The Kier molecular flexibility index (Phi) is 5.01. The number of likely N-dealkylation sites (tertiary alicyclic amines) is 1. The summed E-state index contributed by atoms with van der Waals surface area (Å²) < 4.78 is 20.5. The van der Waals surface area contributed by atoms with E-state index in [2.05, 4.69) is 15.1 Å². The molecule has 28 heavy (non-hydrogen) atoms. The number of carbonyl (C=O) groups excluding carboxylic acids is 1. The molecule has 3 aromatic rings. The zero-order valence-electron chi connectivity index (χ0n) is 15.5. The van der Waals surface area contributed by atoms with Crippen molar-refractivity contribution in [2.45, 2.75) is 18.9 Å². The minimum Gasteiger partial charge on any atom is -0.460 e. The van der Waals surface area contributed by atoms with E-state index in [0.717, 1.165) is 5.56 Å². The van der Waals surface area contributed by atoms with Gasteiger partial charge in [0.25, 0.3) is 5.91 Å². The molecule has 0 atom stereocenters. The molecule has 8 heteroatoms. The van der Waals surface area contributed by atoms with Crippen molar-refractivity contribution < 1.29 is 13.9 Å². The molecule has 2 aromatic heterocycles. The number of hydrogen-bond donors (Lipinski definition) is 0. The molecule has 0 spiro atoms. The average Bonchev–Trinajstić information content (AvgIpc) is 3.11. The van der Waals surface area contributed by atoms with Crippen LogP contribution >= 0.6 is 0 Å². The van der Waals surface area contributed by atoms with Gasteiger partial charge in [-0.15, -0.1) is 0 Å². The quantitative estimate of drug-likeness (QED) is 0.695. The van der Waals surface area contributed by atoms with E-state index >= 15 is 0 Å². The van der Waals surface area contributed by atoms with Crippen molar-refractivity contribution in [3.05, 3.63) is 60.3 Å². The minimum absolute atomic E-state index is 0.00670. The summed E-state index contributed by atoms with van der Waals surface area (Å²) in [6.07, 6.45) is 4.71. The average molecular weight is 381 g/mol. The molecule has 1 aliphatic rings. The van der Waals surface area contributed by atoms with E-state index in [1.165, 1.54) is 12.1 Å². The number of piperidine rings is 1. The molecule has 4 rings (SSSR count). The molecule has 1 saturated heterocycles. The molecular weight excluding hydrogens is 361 g/mol. The molecule has 0 N–H and O–H groups in total. The molecule has 0 bridgehead atoms. The highest BCUT2D eigenvalue weighted by Gasteiger charge is 2.27. The van der Waals surface area contributed by atoms with Gasteiger partial charge in [0.2, 0.25) is 0 Å². The van der Waals surface area contributed by atoms with Gasteiger partial charge in [-0.25, -0.2) is 14.4 Å². The van der Waals surface area contributed by atoms with E-state index in [-0.39, 0.29) is 17.8 Å². The molecule has 1 aliphatic heterocycles. The summed E-state index contributed by atoms with van der Waals surface area (Å²) in [6, 6.07) is 9.92. The van der Waals surface area contributed by atoms with E-state index in [9.17, 15) is 9.18 Å². The van der Waals surface area contributed by atoms with Crippen molar-refractivity contribution in [3.8, 4) is 17.3 Å². The molecule has 0 aliphatic carbocycles. The van der Waals surface area contributed by atoms with E-state index < -0.39 is 0 Å². The molecule has 1 aromatic carbocycles. The third-order valence-electron chi connectivity index (χ3n) is 4.78. The standard InChI is InChI=1S/C20H20FN5O2/c1-25-18(13-17(24-25)14-3-5-15(21)6-4-14)19(27)26-11-7-16(8-12-26)28-20-22-9-2-10-23-20/h2-6,9-10,13,16H,7-8,11-12H2,1H3. The van der Waals surface area contributed by atoms with Crippen LogP contribution in [0.4, 0.5) is 4.39 Å². The maximum absolute atomic E-state index is 13.1. The first-order valence-electron chi connectivity index (χ1n) is 9.13. The number of halogens is 1. The van der Waals surface area contributed by atoms with Crippen molar-refractivity contribution in [1.82, 2.24) is 24.6 Å².